The molecule has 0 radical (unpaired) electrons. The third kappa shape index (κ3) is 2.25. The van der Waals surface area contributed by atoms with Crippen molar-refractivity contribution in [2.45, 2.75) is 0 Å². The summed E-state index contributed by atoms with van der Waals surface area (Å²) >= 11 is 5.35. The lowest BCUT2D eigenvalue weighted by Gasteiger charge is -2.03. The van der Waals surface area contributed by atoms with Gasteiger partial charge in [-0.15, -0.1) is 11.6 Å². The SMILES string of the molecule is Nc1cc(=O)[nH]n1C(=O)NCCCl. The van der Waals surface area contributed by atoms with Gasteiger partial charge in [0.1, 0.15) is 5.82 Å². The van der Waals surface area contributed by atoms with Crippen LogP contribution in [0.5, 0.6) is 0 Å². The van der Waals surface area contributed by atoms with Gasteiger partial charge >= 0.3 is 6.03 Å². The highest BCUT2D eigenvalue weighted by atomic mass is 35.5. The number of anilines is 1. The van der Waals surface area contributed by atoms with E-state index in [1.165, 1.54) is 0 Å². The van der Waals surface area contributed by atoms with Gasteiger partial charge in [-0.05, 0) is 0 Å². The summed E-state index contributed by atoms with van der Waals surface area (Å²) in [7, 11) is 0. The quantitative estimate of drug-likeness (QED) is 0.570. The van der Waals surface area contributed by atoms with Gasteiger partial charge in [0.05, 0.1) is 0 Å². The van der Waals surface area contributed by atoms with Crippen LogP contribution in [-0.4, -0.2) is 28.2 Å². The molecule has 1 aromatic rings. The third-order valence-corrected chi connectivity index (χ3v) is 1.52. The van der Waals surface area contributed by atoms with Crippen molar-refractivity contribution in [2.75, 3.05) is 18.2 Å². The molecule has 0 aliphatic rings. The Balaban J connectivity index is 2.76. The fourth-order valence-electron chi connectivity index (χ4n) is 0.807. The van der Waals surface area contributed by atoms with E-state index in [0.717, 1.165) is 10.7 Å². The molecule has 0 aliphatic heterocycles. The summed E-state index contributed by atoms with van der Waals surface area (Å²) in [6.45, 7) is 0.319. The molecule has 0 atom stereocenters. The molecule has 7 heteroatoms. The van der Waals surface area contributed by atoms with E-state index in [1.54, 1.807) is 0 Å². The second-order valence-corrected chi connectivity index (χ2v) is 2.68. The monoisotopic (exact) mass is 204 g/mol. The lowest BCUT2D eigenvalue weighted by atomic mass is 10.6. The molecule has 0 aromatic carbocycles. The van der Waals surface area contributed by atoms with Gasteiger partial charge in [0, 0.05) is 18.5 Å². The molecule has 0 bridgehead atoms. The predicted octanol–water partition coefficient (Wildman–Crippen LogP) is -0.445. The molecule has 1 heterocycles. The summed E-state index contributed by atoms with van der Waals surface area (Å²) in [6, 6.07) is 0.626. The molecule has 72 valence electrons. The number of nitrogens with two attached hydrogens (primary N) is 1. The molecule has 1 aromatic heterocycles. The van der Waals surface area contributed by atoms with Gasteiger partial charge < -0.3 is 11.1 Å². The maximum Gasteiger partial charge on any atom is 0.342 e. The Hall–Kier alpha value is -1.43. The number of hydrogen-bond acceptors (Lipinski definition) is 3. The first-order valence-corrected chi connectivity index (χ1v) is 4.10. The van der Waals surface area contributed by atoms with E-state index in [0.29, 0.717) is 12.4 Å². The number of nitrogens with one attached hydrogen (secondary N) is 2. The Bertz CT molecular complexity index is 356. The number of carbonyl (C=O) groups is 1. The van der Waals surface area contributed by atoms with Crippen molar-refractivity contribution >= 4 is 23.4 Å². The summed E-state index contributed by atoms with van der Waals surface area (Å²) in [5.41, 5.74) is 4.93. The highest BCUT2D eigenvalue weighted by Crippen LogP contribution is 1.93. The molecule has 6 nitrogen and oxygen atoms in total. The average molecular weight is 205 g/mol. The molecule has 0 spiro atoms. The van der Waals surface area contributed by atoms with Crippen LogP contribution in [0.3, 0.4) is 0 Å². The van der Waals surface area contributed by atoms with Crippen LogP contribution in [0.25, 0.3) is 0 Å². The van der Waals surface area contributed by atoms with Gasteiger partial charge in [-0.2, -0.15) is 4.68 Å². The van der Waals surface area contributed by atoms with E-state index in [-0.39, 0.29) is 5.82 Å². The maximum atomic E-state index is 11.2. The number of amides is 1. The lowest BCUT2D eigenvalue weighted by molar-refractivity contribution is 0.240. The fourth-order valence-corrected chi connectivity index (χ4v) is 0.902. The van der Waals surface area contributed by atoms with Gasteiger partial charge in [-0.25, -0.2) is 4.79 Å². The molecule has 4 N–H and O–H groups in total. The second kappa shape index (κ2) is 3.99. The number of rotatable bonds is 2. The average Bonchev–Trinajstić information content (AvgIpc) is 2.41. The Labute approximate surface area is 78.6 Å². The van der Waals surface area contributed by atoms with Crippen molar-refractivity contribution in [3.8, 4) is 0 Å². The number of nitrogen functional groups attached to an aromatic ring is 1. The van der Waals surface area contributed by atoms with E-state index in [1.807, 2.05) is 0 Å². The predicted molar refractivity (Wildman–Crippen MR) is 49.0 cm³/mol. The van der Waals surface area contributed by atoms with E-state index in [4.69, 9.17) is 17.3 Å². The highest BCUT2D eigenvalue weighted by Gasteiger charge is 2.07. The zero-order valence-corrected chi connectivity index (χ0v) is 7.47. The number of alkyl halides is 1. The minimum Gasteiger partial charge on any atom is -0.383 e. The number of nitrogens with zero attached hydrogens (tertiary/aromatic N) is 1. The Kier molecular flexibility index (Phi) is 2.97. The van der Waals surface area contributed by atoms with Crippen LogP contribution in [0, 0.1) is 0 Å². The molecule has 0 saturated carbocycles. The number of hydrogen-bond donors (Lipinski definition) is 3. The van der Waals surface area contributed by atoms with E-state index in [9.17, 15) is 9.59 Å². The fraction of sp³-hybridized carbons (Fsp3) is 0.333. The van der Waals surface area contributed by atoms with Gasteiger partial charge in [-0.3, -0.25) is 9.89 Å². The number of carbonyl (C=O) groups excluding carboxylic acids is 1. The van der Waals surface area contributed by atoms with Crippen molar-refractivity contribution in [3.05, 3.63) is 16.4 Å². The topological polar surface area (TPSA) is 92.9 Å². The Morgan fingerprint density at radius 3 is 2.92 bits per heavy atom. The van der Waals surface area contributed by atoms with Gasteiger partial charge in [-0.1, -0.05) is 0 Å². The van der Waals surface area contributed by atoms with Crippen LogP contribution in [-0.2, 0) is 0 Å². The van der Waals surface area contributed by atoms with Crippen LogP contribution in [0.15, 0.2) is 10.9 Å². The summed E-state index contributed by atoms with van der Waals surface area (Å²) < 4.78 is 0.925. The van der Waals surface area contributed by atoms with Gasteiger partial charge in [0.2, 0.25) is 0 Å². The number of aromatic amines is 1. The van der Waals surface area contributed by atoms with Crippen LogP contribution in [0.2, 0.25) is 0 Å². The van der Waals surface area contributed by atoms with Gasteiger partial charge in [0.25, 0.3) is 5.56 Å². The molecule has 13 heavy (non-hydrogen) atoms. The highest BCUT2D eigenvalue weighted by molar-refractivity contribution is 6.18. The molecule has 0 aliphatic carbocycles. The number of halogens is 1. The molecule has 1 rings (SSSR count). The van der Waals surface area contributed by atoms with E-state index >= 15 is 0 Å². The van der Waals surface area contributed by atoms with Crippen LogP contribution in [0.4, 0.5) is 10.6 Å². The Morgan fingerprint density at radius 1 is 1.77 bits per heavy atom. The molecule has 0 unspecified atom stereocenters. The van der Waals surface area contributed by atoms with Crippen LogP contribution in [0.1, 0.15) is 0 Å². The van der Waals surface area contributed by atoms with Crippen molar-refractivity contribution in [1.29, 1.82) is 0 Å². The van der Waals surface area contributed by atoms with Crippen molar-refractivity contribution in [2.24, 2.45) is 0 Å². The smallest absolute Gasteiger partial charge is 0.342 e. The maximum absolute atomic E-state index is 11.2. The zero-order valence-electron chi connectivity index (χ0n) is 6.71. The third-order valence-electron chi connectivity index (χ3n) is 1.33. The van der Waals surface area contributed by atoms with Crippen LogP contribution < -0.4 is 16.6 Å². The molecular formula is C6H9ClN4O2. The minimum absolute atomic E-state index is 0.0667. The first kappa shape index (κ1) is 9.66. The van der Waals surface area contributed by atoms with E-state index < -0.39 is 11.6 Å². The first-order chi connectivity index (χ1) is 6.15. The summed E-state index contributed by atoms with van der Waals surface area (Å²) in [5, 5.41) is 4.68. The minimum atomic E-state index is -0.500. The normalized spacial score (nSPS) is 9.92. The van der Waals surface area contributed by atoms with E-state index in [2.05, 4.69) is 10.4 Å². The molecule has 0 fully saturated rings. The Morgan fingerprint density at radius 2 is 2.46 bits per heavy atom. The largest absolute Gasteiger partial charge is 0.383 e. The summed E-state index contributed by atoms with van der Waals surface area (Å²) in [5.74, 6) is 0.369. The van der Waals surface area contributed by atoms with Crippen molar-refractivity contribution in [3.63, 3.8) is 0 Å². The molecule has 0 saturated heterocycles. The lowest BCUT2D eigenvalue weighted by Crippen LogP contribution is -2.32. The van der Waals surface area contributed by atoms with Crippen molar-refractivity contribution in [1.82, 2.24) is 15.1 Å². The first-order valence-electron chi connectivity index (χ1n) is 3.57. The number of H-pyrrole nitrogens is 1. The second-order valence-electron chi connectivity index (χ2n) is 2.30. The van der Waals surface area contributed by atoms with Crippen LogP contribution >= 0.6 is 11.6 Å². The molecular weight excluding hydrogens is 196 g/mol. The van der Waals surface area contributed by atoms with Crippen molar-refractivity contribution < 1.29 is 4.79 Å². The summed E-state index contributed by atoms with van der Waals surface area (Å²) in [4.78, 5) is 21.9. The summed E-state index contributed by atoms with van der Waals surface area (Å²) in [6.07, 6.45) is 0. The molecule has 1 amide bonds. The standard InChI is InChI=1S/C6H9ClN4O2/c7-1-2-9-6(13)11-4(8)3-5(12)10-11/h3H,1-2,8H2,(H,9,13)(H,10,12). The zero-order chi connectivity index (χ0) is 9.84. The van der Waals surface area contributed by atoms with Gasteiger partial charge in [0.15, 0.2) is 0 Å². The number of aromatic nitrogens is 2.